The van der Waals surface area contributed by atoms with Crippen molar-refractivity contribution < 1.29 is 55.9 Å². The zero-order valence-electron chi connectivity index (χ0n) is 26.6. The van der Waals surface area contributed by atoms with Crippen LogP contribution in [0.15, 0.2) is 42.6 Å². The average Bonchev–Trinajstić information content (AvgIpc) is 3.77. The molecule has 3 aromatic rings. The first-order valence-electron chi connectivity index (χ1n) is 15.9. The number of aliphatic hydroxyl groups excluding tert-OH is 2. The van der Waals surface area contributed by atoms with Gasteiger partial charge in [-0.25, -0.2) is 22.6 Å². The van der Waals surface area contributed by atoms with Crippen LogP contribution in [0.1, 0.15) is 48.1 Å². The van der Waals surface area contributed by atoms with E-state index in [2.05, 4.69) is 15.6 Å². The number of aliphatic hydroxyl groups is 3. The Bertz CT molecular complexity index is 1660. The van der Waals surface area contributed by atoms with E-state index in [1.54, 1.807) is 0 Å². The maximum Gasteiger partial charge on any atom is 0.416 e. The molecule has 1 aromatic heterocycles. The number of nitrogens with zero attached hydrogens (tertiary/aromatic N) is 4. The molecule has 6 atom stereocenters. The number of alkyl halides is 3. The number of ether oxygens (including phenoxy) is 2. The third kappa shape index (κ3) is 7.32. The van der Waals surface area contributed by atoms with Gasteiger partial charge in [-0.1, -0.05) is 23.4 Å². The molecule has 18 heteroatoms. The topological polar surface area (TPSA) is 142 Å². The quantitative estimate of drug-likeness (QED) is 0.188. The van der Waals surface area contributed by atoms with E-state index in [1.165, 1.54) is 36.4 Å². The van der Waals surface area contributed by atoms with E-state index >= 15 is 0 Å². The number of halogens is 6. The lowest BCUT2D eigenvalue weighted by Crippen LogP contribution is -2.57. The van der Waals surface area contributed by atoms with Crippen molar-refractivity contribution in [1.82, 2.24) is 25.2 Å². The van der Waals surface area contributed by atoms with Crippen molar-refractivity contribution in [3.05, 3.63) is 71.2 Å². The monoisotopic (exact) mass is 731 g/mol. The molecule has 11 nitrogen and oxygen atoms in total. The molecule has 272 valence electrons. The van der Waals surface area contributed by atoms with Gasteiger partial charge >= 0.3 is 12.2 Å². The number of aromatic nitrogens is 3. The first-order chi connectivity index (χ1) is 23.7. The second-order valence-electron chi connectivity index (χ2n) is 12.7. The van der Waals surface area contributed by atoms with Crippen molar-refractivity contribution in [3.8, 4) is 11.3 Å². The molecule has 2 saturated heterocycles. The minimum Gasteiger partial charge on any atom is -0.394 e. The van der Waals surface area contributed by atoms with Crippen LogP contribution in [-0.2, 0) is 15.7 Å². The molecule has 0 bridgehead atoms. The molecule has 0 spiro atoms. The van der Waals surface area contributed by atoms with E-state index in [0.29, 0.717) is 12.1 Å². The fourth-order valence-corrected chi connectivity index (χ4v) is 8.19. The lowest BCUT2D eigenvalue weighted by atomic mass is 9.83. The number of amides is 2. The van der Waals surface area contributed by atoms with Crippen molar-refractivity contribution in [2.24, 2.45) is 0 Å². The average molecular weight is 732 g/mol. The Morgan fingerprint density at radius 2 is 1.82 bits per heavy atom. The molecular weight excluding hydrogens is 696 g/mol. The molecule has 3 aliphatic rings. The van der Waals surface area contributed by atoms with Crippen molar-refractivity contribution in [2.45, 2.75) is 78.5 Å². The molecule has 1 saturated carbocycles. The molecule has 3 fully saturated rings. The molecule has 4 N–H and O–H groups in total. The predicted molar refractivity (Wildman–Crippen MR) is 166 cm³/mol. The van der Waals surface area contributed by atoms with E-state index in [-0.39, 0.29) is 54.8 Å². The standard InChI is InChI=1S/C32H35F6N5O6S/c1-48-27-25(43-14-22(40-41-43)16-12-20(33)24(35)21(34)13-16)26(45)23(15-44)49-29(27)50-28(18-4-2-3-5-19(18)32(36,37)38)31(47)8-10-42(11-9-31)30(46)39-17-6-7-17/h2-5,12-14,17,23,25-29,44-45,47H,6-11,15H2,1H3,(H,39,46)/t23-,25+,26+,27-,28-,29+/m1/s1. The number of methoxy groups -OCH3 is 1. The highest BCUT2D eigenvalue weighted by Crippen LogP contribution is 2.52. The number of nitrogens with one attached hydrogen (secondary N) is 1. The summed E-state index contributed by atoms with van der Waals surface area (Å²) in [6.07, 6.45) is -6.08. The molecule has 6 rings (SSSR count). The Morgan fingerprint density at radius 3 is 2.42 bits per heavy atom. The van der Waals surface area contributed by atoms with Gasteiger partial charge in [0.05, 0.1) is 29.2 Å². The molecule has 50 heavy (non-hydrogen) atoms. The van der Waals surface area contributed by atoms with E-state index < -0.39 is 76.4 Å². The van der Waals surface area contributed by atoms with E-state index in [0.717, 1.165) is 35.4 Å². The van der Waals surface area contributed by atoms with Gasteiger partial charge in [0.25, 0.3) is 0 Å². The third-order valence-electron chi connectivity index (χ3n) is 9.32. The Kier molecular flexibility index (Phi) is 10.4. The first-order valence-corrected chi connectivity index (χ1v) is 16.8. The van der Waals surface area contributed by atoms with Crippen molar-refractivity contribution in [3.63, 3.8) is 0 Å². The summed E-state index contributed by atoms with van der Waals surface area (Å²) in [6.45, 7) is -0.612. The lowest BCUT2D eigenvalue weighted by Gasteiger charge is -2.47. The minimum absolute atomic E-state index is 0.0619. The van der Waals surface area contributed by atoms with Crippen LogP contribution in [0.5, 0.6) is 0 Å². The lowest BCUT2D eigenvalue weighted by molar-refractivity contribution is -0.186. The van der Waals surface area contributed by atoms with E-state index in [1.807, 2.05) is 0 Å². The zero-order chi connectivity index (χ0) is 36.0. The van der Waals surface area contributed by atoms with Gasteiger partial charge in [0.1, 0.15) is 35.5 Å². The van der Waals surface area contributed by atoms with Crippen LogP contribution in [0.3, 0.4) is 0 Å². The maximum atomic E-state index is 14.4. The number of likely N-dealkylation sites (tertiary alicyclic amines) is 1. The molecule has 2 aliphatic heterocycles. The highest BCUT2D eigenvalue weighted by atomic mass is 32.2. The van der Waals surface area contributed by atoms with Crippen LogP contribution in [0.4, 0.5) is 31.1 Å². The van der Waals surface area contributed by atoms with Crippen LogP contribution in [0.2, 0.25) is 0 Å². The zero-order valence-corrected chi connectivity index (χ0v) is 27.4. The summed E-state index contributed by atoms with van der Waals surface area (Å²) in [5.74, 6) is -4.61. The number of carbonyl (C=O) groups is 1. The second-order valence-corrected chi connectivity index (χ2v) is 13.9. The SMILES string of the molecule is CO[C@@H]1[C@@H](n2cc(-c3cc(F)c(F)c(F)c3)nn2)[C@@H](O)[C@@H](CO)O[C@H]1S[C@H](c1ccccc1C(F)(F)F)C1(O)CCN(C(=O)NC2CC2)CC1. The van der Waals surface area contributed by atoms with Gasteiger partial charge in [-0.15, -0.1) is 16.9 Å². The number of hydrogen-bond acceptors (Lipinski definition) is 9. The second kappa shape index (κ2) is 14.3. The summed E-state index contributed by atoms with van der Waals surface area (Å²) in [5, 5.41) is 43.1. The van der Waals surface area contributed by atoms with Crippen molar-refractivity contribution in [2.75, 3.05) is 26.8 Å². The Balaban J connectivity index is 1.34. The number of carbonyl (C=O) groups excluding carboxylic acids is 1. The molecule has 2 aromatic carbocycles. The summed E-state index contributed by atoms with van der Waals surface area (Å²) < 4.78 is 97.7. The summed E-state index contributed by atoms with van der Waals surface area (Å²) in [4.78, 5) is 14.2. The minimum atomic E-state index is -4.80. The van der Waals surface area contributed by atoms with Crippen LogP contribution < -0.4 is 5.32 Å². The molecule has 0 unspecified atom stereocenters. The number of piperidine rings is 1. The molecule has 0 radical (unpaired) electrons. The molecule has 3 heterocycles. The number of rotatable bonds is 9. The maximum absolute atomic E-state index is 14.4. The Morgan fingerprint density at radius 1 is 1.16 bits per heavy atom. The van der Waals surface area contributed by atoms with E-state index in [9.17, 15) is 46.5 Å². The van der Waals surface area contributed by atoms with Crippen LogP contribution in [0, 0.1) is 17.5 Å². The van der Waals surface area contributed by atoms with Crippen LogP contribution in [0.25, 0.3) is 11.3 Å². The molecule has 1 aliphatic carbocycles. The number of hydrogen-bond donors (Lipinski definition) is 4. The molecular formula is C32H35F6N5O6S. The Labute approximate surface area is 286 Å². The molecule has 2 amide bonds. The normalized spacial score (nSPS) is 26.1. The van der Waals surface area contributed by atoms with Gasteiger partial charge in [-0.2, -0.15) is 13.2 Å². The number of thioether (sulfide) groups is 1. The highest BCUT2D eigenvalue weighted by Gasteiger charge is 2.52. The van der Waals surface area contributed by atoms with Crippen LogP contribution >= 0.6 is 11.8 Å². The summed E-state index contributed by atoms with van der Waals surface area (Å²) >= 11 is 0.805. The summed E-state index contributed by atoms with van der Waals surface area (Å²) in [6, 6.07) is 4.77. The smallest absolute Gasteiger partial charge is 0.394 e. The largest absolute Gasteiger partial charge is 0.416 e. The van der Waals surface area contributed by atoms with Gasteiger partial charge < -0.3 is 35.0 Å². The van der Waals surface area contributed by atoms with Crippen molar-refractivity contribution >= 4 is 17.8 Å². The number of benzene rings is 2. The predicted octanol–water partition coefficient (Wildman–Crippen LogP) is 4.19. The van der Waals surface area contributed by atoms with Crippen molar-refractivity contribution in [1.29, 1.82) is 0 Å². The van der Waals surface area contributed by atoms with Gasteiger partial charge in [0.15, 0.2) is 17.5 Å². The van der Waals surface area contributed by atoms with Gasteiger partial charge in [0, 0.05) is 31.8 Å². The van der Waals surface area contributed by atoms with E-state index in [4.69, 9.17) is 9.47 Å². The van der Waals surface area contributed by atoms with Crippen LogP contribution in [-0.4, -0.2) is 103 Å². The van der Waals surface area contributed by atoms with Gasteiger partial charge in [-0.05, 0) is 49.4 Å². The number of urea groups is 1. The summed E-state index contributed by atoms with van der Waals surface area (Å²) in [7, 11) is 1.26. The highest BCUT2D eigenvalue weighted by molar-refractivity contribution is 8.00. The fourth-order valence-electron chi connectivity index (χ4n) is 6.44. The van der Waals surface area contributed by atoms with Gasteiger partial charge in [-0.3, -0.25) is 0 Å². The Hall–Kier alpha value is -3.42. The summed E-state index contributed by atoms with van der Waals surface area (Å²) in [5.41, 5.74) is -4.54. The third-order valence-corrected chi connectivity index (χ3v) is 10.9. The van der Waals surface area contributed by atoms with Gasteiger partial charge in [0.2, 0.25) is 0 Å². The first kappa shape index (κ1) is 36.4. The fraction of sp³-hybridized carbons (Fsp3) is 0.531.